The van der Waals surface area contributed by atoms with E-state index in [0.29, 0.717) is 12.2 Å². The molecule has 0 bridgehead atoms. The van der Waals surface area contributed by atoms with E-state index >= 15 is 0 Å². The van der Waals surface area contributed by atoms with Gasteiger partial charge in [0.05, 0.1) is 13.2 Å². The summed E-state index contributed by atoms with van der Waals surface area (Å²) in [6.07, 6.45) is 2.29. The smallest absolute Gasteiger partial charge is 0.198 e. The summed E-state index contributed by atoms with van der Waals surface area (Å²) in [5.41, 5.74) is 0.809. The van der Waals surface area contributed by atoms with Crippen LogP contribution in [0.2, 0.25) is 0 Å². The van der Waals surface area contributed by atoms with Crippen molar-refractivity contribution in [2.75, 3.05) is 7.11 Å². The van der Waals surface area contributed by atoms with Crippen LogP contribution in [0.1, 0.15) is 13.3 Å². The predicted molar refractivity (Wildman–Crippen MR) is 52.4 cm³/mol. The lowest BCUT2D eigenvalue weighted by Crippen LogP contribution is -2.18. The first-order chi connectivity index (χ1) is 6.65. The molecule has 0 saturated carbocycles. The van der Waals surface area contributed by atoms with E-state index in [9.17, 15) is 4.79 Å². The summed E-state index contributed by atoms with van der Waals surface area (Å²) in [6, 6.07) is 1.89. The Hall–Kier alpha value is -1.27. The average molecular weight is 212 g/mol. The lowest BCUT2D eigenvalue weighted by Gasteiger charge is -2.17. The first-order valence-electron chi connectivity index (χ1n) is 4.24. The number of nitriles is 1. The normalized spacial score (nSPS) is 21.7. The highest BCUT2D eigenvalue weighted by molar-refractivity contribution is 6.44. The number of halogens is 1. The van der Waals surface area contributed by atoms with Crippen LogP contribution in [0.25, 0.3) is 0 Å². The number of allylic oxidation sites excluding steroid dienone is 3. The van der Waals surface area contributed by atoms with Gasteiger partial charge in [-0.3, -0.25) is 4.79 Å². The number of hydrogen-bond donors (Lipinski definition) is 0. The molecular formula is C10H10ClNO2. The van der Waals surface area contributed by atoms with E-state index in [4.69, 9.17) is 21.6 Å². The highest BCUT2D eigenvalue weighted by atomic mass is 35.5. The Morgan fingerprint density at radius 2 is 2.36 bits per heavy atom. The fourth-order valence-corrected chi connectivity index (χ4v) is 1.65. The van der Waals surface area contributed by atoms with E-state index in [-0.39, 0.29) is 10.8 Å². The summed E-state index contributed by atoms with van der Waals surface area (Å²) in [5.74, 6) is -0.759. The quantitative estimate of drug-likeness (QED) is 0.703. The number of hydrogen-bond acceptors (Lipinski definition) is 3. The van der Waals surface area contributed by atoms with Gasteiger partial charge >= 0.3 is 0 Å². The summed E-state index contributed by atoms with van der Waals surface area (Å²) in [6.45, 7) is 1.92. The SMILES string of the molecule is CCC1=CC(C#N)C(=O)C(Cl)=C1OC. The van der Waals surface area contributed by atoms with Crippen molar-refractivity contribution in [2.45, 2.75) is 13.3 Å². The van der Waals surface area contributed by atoms with Crippen LogP contribution < -0.4 is 0 Å². The topological polar surface area (TPSA) is 50.1 Å². The minimum absolute atomic E-state index is 0.0263. The molecule has 0 N–H and O–H groups in total. The van der Waals surface area contributed by atoms with Crippen molar-refractivity contribution in [3.05, 3.63) is 22.4 Å². The Balaban J connectivity index is 3.18. The zero-order valence-electron chi connectivity index (χ0n) is 8.00. The Bertz CT molecular complexity index is 363. The maximum absolute atomic E-state index is 11.5. The number of Topliss-reactive ketones (excluding diaryl/α,β-unsaturated/α-hetero) is 1. The van der Waals surface area contributed by atoms with Crippen LogP contribution in [0.15, 0.2) is 22.4 Å². The third-order valence-corrected chi connectivity index (χ3v) is 2.44. The van der Waals surface area contributed by atoms with Gasteiger partial charge in [0.1, 0.15) is 16.7 Å². The fraction of sp³-hybridized carbons (Fsp3) is 0.400. The van der Waals surface area contributed by atoms with E-state index in [1.54, 1.807) is 6.08 Å². The Morgan fingerprint density at radius 3 is 2.79 bits per heavy atom. The summed E-state index contributed by atoms with van der Waals surface area (Å²) in [5, 5.41) is 8.74. The zero-order chi connectivity index (χ0) is 10.7. The van der Waals surface area contributed by atoms with Gasteiger partial charge in [0.15, 0.2) is 5.78 Å². The highest BCUT2D eigenvalue weighted by Crippen LogP contribution is 2.30. The molecule has 0 saturated heterocycles. The standard InChI is InChI=1S/C10H10ClNO2/c1-3-6-4-7(5-12)9(13)8(11)10(6)14-2/h4,7H,3H2,1-2H3. The molecule has 74 valence electrons. The number of ketones is 1. The minimum Gasteiger partial charge on any atom is -0.495 e. The molecule has 1 atom stereocenters. The van der Waals surface area contributed by atoms with Crippen LogP contribution in [-0.2, 0) is 9.53 Å². The second-order valence-corrected chi connectivity index (χ2v) is 3.24. The molecule has 4 heteroatoms. The van der Waals surface area contributed by atoms with Gasteiger partial charge in [0, 0.05) is 0 Å². The lowest BCUT2D eigenvalue weighted by atomic mass is 9.93. The van der Waals surface area contributed by atoms with E-state index in [1.807, 2.05) is 13.0 Å². The molecule has 0 fully saturated rings. The van der Waals surface area contributed by atoms with Crippen LogP contribution in [0.5, 0.6) is 0 Å². The summed E-state index contributed by atoms with van der Waals surface area (Å²) >= 11 is 5.79. The molecule has 3 nitrogen and oxygen atoms in total. The van der Waals surface area contributed by atoms with Crippen molar-refractivity contribution in [3.63, 3.8) is 0 Å². The van der Waals surface area contributed by atoms with Gasteiger partial charge in [-0.15, -0.1) is 0 Å². The molecule has 0 heterocycles. The van der Waals surface area contributed by atoms with E-state index in [2.05, 4.69) is 0 Å². The number of ether oxygens (including phenoxy) is 1. The van der Waals surface area contributed by atoms with Crippen LogP contribution in [0.3, 0.4) is 0 Å². The zero-order valence-corrected chi connectivity index (χ0v) is 8.76. The van der Waals surface area contributed by atoms with Gasteiger partial charge in [0.25, 0.3) is 0 Å². The van der Waals surface area contributed by atoms with Crippen molar-refractivity contribution in [1.82, 2.24) is 0 Å². The van der Waals surface area contributed by atoms with Gasteiger partial charge < -0.3 is 4.74 Å². The molecule has 0 aromatic heterocycles. The van der Waals surface area contributed by atoms with E-state index in [1.165, 1.54) is 7.11 Å². The highest BCUT2D eigenvalue weighted by Gasteiger charge is 2.29. The first kappa shape index (κ1) is 10.8. The van der Waals surface area contributed by atoms with Crippen molar-refractivity contribution in [3.8, 4) is 6.07 Å². The van der Waals surface area contributed by atoms with Crippen LogP contribution in [0, 0.1) is 17.2 Å². The van der Waals surface area contributed by atoms with Gasteiger partial charge in [-0.2, -0.15) is 5.26 Å². The van der Waals surface area contributed by atoms with Crippen LogP contribution >= 0.6 is 11.6 Å². The maximum atomic E-state index is 11.5. The van der Waals surface area contributed by atoms with Crippen LogP contribution in [-0.4, -0.2) is 12.9 Å². The Kier molecular flexibility index (Phi) is 3.32. The molecular weight excluding hydrogens is 202 g/mol. The third kappa shape index (κ3) is 1.66. The van der Waals surface area contributed by atoms with Crippen LogP contribution in [0.4, 0.5) is 0 Å². The van der Waals surface area contributed by atoms with Crippen molar-refractivity contribution < 1.29 is 9.53 Å². The maximum Gasteiger partial charge on any atom is 0.198 e. The molecule has 1 aliphatic carbocycles. The lowest BCUT2D eigenvalue weighted by molar-refractivity contribution is -0.116. The van der Waals surface area contributed by atoms with Gasteiger partial charge in [0.2, 0.25) is 0 Å². The number of methoxy groups -OCH3 is 1. The Labute approximate surface area is 87.6 Å². The minimum atomic E-state index is -0.767. The Morgan fingerprint density at radius 1 is 1.71 bits per heavy atom. The van der Waals surface area contributed by atoms with Gasteiger partial charge in [-0.05, 0) is 12.0 Å². The third-order valence-electron chi connectivity index (χ3n) is 2.08. The second kappa shape index (κ2) is 4.30. The molecule has 14 heavy (non-hydrogen) atoms. The average Bonchev–Trinajstić information content (AvgIpc) is 2.21. The largest absolute Gasteiger partial charge is 0.495 e. The summed E-state index contributed by atoms with van der Waals surface area (Å²) in [7, 11) is 1.46. The fourth-order valence-electron chi connectivity index (χ4n) is 1.34. The number of rotatable bonds is 2. The molecule has 0 spiro atoms. The van der Waals surface area contributed by atoms with Crippen molar-refractivity contribution in [1.29, 1.82) is 5.26 Å². The van der Waals surface area contributed by atoms with Gasteiger partial charge in [-0.25, -0.2) is 0 Å². The predicted octanol–water partition coefficient (Wildman–Crippen LogP) is 2.14. The van der Waals surface area contributed by atoms with Crippen molar-refractivity contribution in [2.24, 2.45) is 5.92 Å². The number of nitrogens with zero attached hydrogens (tertiary/aromatic N) is 1. The summed E-state index contributed by atoms with van der Waals surface area (Å²) < 4.78 is 5.02. The molecule has 0 aromatic rings. The van der Waals surface area contributed by atoms with E-state index < -0.39 is 5.92 Å². The number of carbonyl (C=O) groups is 1. The second-order valence-electron chi connectivity index (χ2n) is 2.86. The molecule has 1 aliphatic rings. The number of carbonyl (C=O) groups excluding carboxylic acids is 1. The molecule has 0 radical (unpaired) electrons. The van der Waals surface area contributed by atoms with Crippen molar-refractivity contribution >= 4 is 17.4 Å². The van der Waals surface area contributed by atoms with Gasteiger partial charge in [-0.1, -0.05) is 24.6 Å². The molecule has 0 aromatic carbocycles. The summed E-state index contributed by atoms with van der Waals surface area (Å²) in [4.78, 5) is 11.5. The molecule has 0 aliphatic heterocycles. The molecule has 1 unspecified atom stereocenters. The first-order valence-corrected chi connectivity index (χ1v) is 4.62. The van der Waals surface area contributed by atoms with E-state index in [0.717, 1.165) is 5.57 Å². The molecule has 0 amide bonds. The molecule has 1 rings (SSSR count). The monoisotopic (exact) mass is 211 g/mol.